The normalized spacial score (nSPS) is 18.7. The molecule has 13 heteroatoms. The molecule has 4 aromatic heterocycles. The standard InChI is InChI=1S/C42H46BrN9O3/c1-6-8-9-10-11-12-13-29-16-30(31-21-44-28(5)45-22-31)17-33-40(27(4)53)48-51(41(29)33)24-39(55)52-35(36(54)18-34-26(3)14-15-38(43)46-34)19-42(20-37(42)52)25-50-23-32(7-2)47-49-50/h6-7,14-17,21-23,35,37H,1-2,8-13,18-20,24-25H2,3-5H3/t35-,37+,42-/m0/s1. The Bertz CT molecular complexity index is 2290. The molecule has 5 heterocycles. The summed E-state index contributed by atoms with van der Waals surface area (Å²) in [6.45, 7) is 13.3. The molecule has 0 bridgehead atoms. The molecule has 7 rings (SSSR count). The Morgan fingerprint density at radius 2 is 1.80 bits per heavy atom. The van der Waals surface area contributed by atoms with Crippen molar-refractivity contribution >= 4 is 50.4 Å². The van der Waals surface area contributed by atoms with E-state index in [-0.39, 0.29) is 41.9 Å². The molecule has 12 nitrogen and oxygen atoms in total. The number of halogens is 1. The van der Waals surface area contributed by atoms with Gasteiger partial charge in [-0.15, -0.1) is 11.7 Å². The van der Waals surface area contributed by atoms with Gasteiger partial charge in [-0.05, 0) is 109 Å². The Kier molecular flexibility index (Phi) is 11.0. The number of Topliss-reactive ketones (excluding diaryl/α,β-unsaturated/α-hetero) is 2. The number of ketones is 2. The molecule has 0 N–H and O–H groups in total. The van der Waals surface area contributed by atoms with Crippen molar-refractivity contribution in [2.45, 2.75) is 104 Å². The Balaban J connectivity index is 1.24. The predicted octanol–water partition coefficient (Wildman–Crippen LogP) is 7.26. The summed E-state index contributed by atoms with van der Waals surface area (Å²) < 4.78 is 4.13. The zero-order valence-corrected chi connectivity index (χ0v) is 33.3. The van der Waals surface area contributed by atoms with Crippen LogP contribution in [-0.4, -0.2) is 74.2 Å². The highest BCUT2D eigenvalue weighted by atomic mass is 79.9. The van der Waals surface area contributed by atoms with Crippen molar-refractivity contribution in [2.75, 3.05) is 0 Å². The number of allylic oxidation sites excluding steroid dienone is 1. The Labute approximate surface area is 329 Å². The molecule has 55 heavy (non-hydrogen) atoms. The summed E-state index contributed by atoms with van der Waals surface area (Å²) in [5.41, 5.74) is 5.74. The zero-order chi connectivity index (χ0) is 38.9. The number of fused-ring (bicyclic) bond motifs is 2. The number of hydrogen-bond acceptors (Lipinski definition) is 9. The van der Waals surface area contributed by atoms with Crippen LogP contribution in [0.2, 0.25) is 0 Å². The van der Waals surface area contributed by atoms with Gasteiger partial charge in [0.25, 0.3) is 0 Å². The number of likely N-dealkylation sites (tertiary alicyclic amines) is 1. The van der Waals surface area contributed by atoms with E-state index in [9.17, 15) is 14.4 Å². The van der Waals surface area contributed by atoms with Crippen LogP contribution in [0.25, 0.3) is 28.1 Å². The van der Waals surface area contributed by atoms with E-state index >= 15 is 0 Å². The number of unbranched alkanes of at least 4 members (excludes halogenated alkanes) is 4. The van der Waals surface area contributed by atoms with Crippen LogP contribution in [0.5, 0.6) is 0 Å². The minimum Gasteiger partial charge on any atom is -0.327 e. The molecular weight excluding hydrogens is 758 g/mol. The number of pyridine rings is 1. The first-order valence-electron chi connectivity index (χ1n) is 18.9. The first-order valence-corrected chi connectivity index (χ1v) is 19.7. The first kappa shape index (κ1) is 38.1. The molecule has 5 aromatic rings. The molecule has 2 aliphatic rings. The fraction of sp³-hybridized carbons (Fsp3) is 0.405. The van der Waals surface area contributed by atoms with Crippen molar-refractivity contribution in [2.24, 2.45) is 5.41 Å². The highest BCUT2D eigenvalue weighted by Gasteiger charge is 2.67. The molecule has 0 unspecified atom stereocenters. The van der Waals surface area contributed by atoms with Crippen molar-refractivity contribution in [1.29, 1.82) is 0 Å². The maximum atomic E-state index is 14.7. The molecule has 3 atom stereocenters. The van der Waals surface area contributed by atoms with Crippen LogP contribution < -0.4 is 0 Å². The van der Waals surface area contributed by atoms with Crippen molar-refractivity contribution in [3.8, 4) is 11.1 Å². The number of rotatable bonds is 17. The molecule has 2 fully saturated rings. The number of carbonyl (C=O) groups excluding carboxylic acids is 3. The molecule has 1 aliphatic carbocycles. The van der Waals surface area contributed by atoms with Crippen molar-refractivity contribution in [3.05, 3.63) is 101 Å². The van der Waals surface area contributed by atoms with Gasteiger partial charge in [0.15, 0.2) is 11.6 Å². The van der Waals surface area contributed by atoms with Gasteiger partial charge in [0.05, 0.1) is 36.4 Å². The second kappa shape index (κ2) is 15.9. The molecule has 1 saturated heterocycles. The van der Waals surface area contributed by atoms with Gasteiger partial charge in [0.1, 0.15) is 28.4 Å². The van der Waals surface area contributed by atoms with E-state index in [1.807, 2.05) is 44.3 Å². The summed E-state index contributed by atoms with van der Waals surface area (Å²) in [5.74, 6) is 0.209. The van der Waals surface area contributed by atoms with E-state index < -0.39 is 6.04 Å². The fourth-order valence-electron chi connectivity index (χ4n) is 8.15. The number of piperidine rings is 1. The Morgan fingerprint density at radius 3 is 2.53 bits per heavy atom. The number of aromatic nitrogens is 8. The fourth-order valence-corrected chi connectivity index (χ4v) is 8.50. The molecule has 1 saturated carbocycles. The number of hydrogen-bond donors (Lipinski definition) is 0. The van der Waals surface area contributed by atoms with Crippen LogP contribution in [-0.2, 0) is 35.5 Å². The van der Waals surface area contributed by atoms with Crippen LogP contribution in [0.4, 0.5) is 0 Å². The number of nitrogens with zero attached hydrogens (tertiary/aromatic N) is 9. The number of carbonyl (C=O) groups is 3. The number of benzene rings is 1. The largest absolute Gasteiger partial charge is 0.327 e. The summed E-state index contributed by atoms with van der Waals surface area (Å²) in [6.07, 6.45) is 16.2. The monoisotopic (exact) mass is 803 g/mol. The number of amides is 1. The van der Waals surface area contributed by atoms with Gasteiger partial charge in [0.2, 0.25) is 5.91 Å². The SMILES string of the molecule is C=CCCCCCCc1cc(-c2cnc(C)nc2)cc2c(C(C)=O)nn(CC(=O)N3[C@H](C(=O)Cc4nc(Br)ccc4C)C[C@@]4(Cn5cc(C=C)nn5)C[C@@H]34)c12. The quantitative estimate of drug-likeness (QED) is 0.0411. The lowest BCUT2D eigenvalue weighted by Crippen LogP contribution is -2.45. The molecule has 0 radical (unpaired) electrons. The Morgan fingerprint density at radius 1 is 1.02 bits per heavy atom. The van der Waals surface area contributed by atoms with Gasteiger partial charge in [0, 0.05) is 41.7 Å². The third kappa shape index (κ3) is 7.98. The average molecular weight is 805 g/mol. The van der Waals surface area contributed by atoms with Crippen molar-refractivity contribution < 1.29 is 14.4 Å². The van der Waals surface area contributed by atoms with Crippen LogP contribution in [0.15, 0.2) is 66.7 Å². The maximum Gasteiger partial charge on any atom is 0.245 e. The first-order chi connectivity index (χ1) is 26.5. The van der Waals surface area contributed by atoms with Crippen LogP contribution in [0.1, 0.15) is 90.7 Å². The van der Waals surface area contributed by atoms with E-state index in [4.69, 9.17) is 5.10 Å². The maximum absolute atomic E-state index is 14.7. The van der Waals surface area contributed by atoms with Crippen molar-refractivity contribution in [3.63, 3.8) is 0 Å². The van der Waals surface area contributed by atoms with E-state index in [0.717, 1.165) is 72.7 Å². The van der Waals surface area contributed by atoms with Gasteiger partial charge in [-0.25, -0.2) is 15.0 Å². The summed E-state index contributed by atoms with van der Waals surface area (Å²) in [7, 11) is 0. The summed E-state index contributed by atoms with van der Waals surface area (Å²) in [4.78, 5) is 57.4. The molecule has 1 aromatic carbocycles. The lowest BCUT2D eigenvalue weighted by atomic mass is 9.94. The van der Waals surface area contributed by atoms with Crippen LogP contribution in [0, 0.1) is 19.3 Å². The molecule has 284 valence electrons. The van der Waals surface area contributed by atoms with Gasteiger partial charge in [-0.2, -0.15) is 5.10 Å². The second-order valence-corrected chi connectivity index (χ2v) is 15.9. The smallest absolute Gasteiger partial charge is 0.245 e. The highest BCUT2D eigenvalue weighted by molar-refractivity contribution is 9.10. The summed E-state index contributed by atoms with van der Waals surface area (Å²) in [5, 5.41) is 14.0. The van der Waals surface area contributed by atoms with Crippen molar-refractivity contribution in [1.82, 2.24) is 44.6 Å². The lowest BCUT2D eigenvalue weighted by Gasteiger charge is -2.27. The van der Waals surface area contributed by atoms with Gasteiger partial charge in [-0.1, -0.05) is 36.8 Å². The zero-order valence-electron chi connectivity index (χ0n) is 31.7. The van der Waals surface area contributed by atoms with Gasteiger partial charge >= 0.3 is 0 Å². The summed E-state index contributed by atoms with van der Waals surface area (Å²) in [6, 6.07) is 7.06. The molecule has 0 spiro atoms. The highest BCUT2D eigenvalue weighted by Crippen LogP contribution is 2.60. The van der Waals surface area contributed by atoms with E-state index in [1.54, 1.807) is 32.7 Å². The van der Waals surface area contributed by atoms with E-state index in [1.165, 1.54) is 6.92 Å². The molecule has 1 aliphatic heterocycles. The van der Waals surface area contributed by atoms with Gasteiger partial charge in [-0.3, -0.25) is 23.7 Å². The average Bonchev–Trinajstić information content (AvgIpc) is 3.44. The third-order valence-corrected chi connectivity index (χ3v) is 11.5. The minimum absolute atomic E-state index is 0.0594. The van der Waals surface area contributed by atoms with E-state index in [2.05, 4.69) is 60.4 Å². The van der Waals surface area contributed by atoms with E-state index in [0.29, 0.717) is 45.9 Å². The van der Waals surface area contributed by atoms with Gasteiger partial charge < -0.3 is 4.90 Å². The predicted molar refractivity (Wildman–Crippen MR) is 214 cm³/mol. The second-order valence-electron chi connectivity index (χ2n) is 15.0. The Hall–Kier alpha value is -5.17. The third-order valence-electron chi connectivity index (χ3n) is 11.1. The van der Waals surface area contributed by atoms with Crippen LogP contribution >= 0.6 is 15.9 Å². The molecule has 1 amide bonds. The molecular formula is C42H46BrN9O3. The topological polar surface area (TPSA) is 142 Å². The summed E-state index contributed by atoms with van der Waals surface area (Å²) >= 11 is 3.45. The minimum atomic E-state index is -0.647. The number of aryl methyl sites for hydroxylation is 3. The van der Waals surface area contributed by atoms with Crippen LogP contribution in [0.3, 0.4) is 0 Å². The lowest BCUT2D eigenvalue weighted by molar-refractivity contribution is -0.139.